The average Bonchev–Trinajstić information content (AvgIpc) is 3.12. The van der Waals surface area contributed by atoms with Crippen LogP contribution in [0.3, 0.4) is 0 Å². The Labute approximate surface area is 151 Å². The fourth-order valence-electron chi connectivity index (χ4n) is 3.05. The molecule has 1 unspecified atom stereocenters. The molecule has 0 spiro atoms. The number of benzene rings is 1. The molecule has 136 valence electrons. The first-order chi connectivity index (χ1) is 12.4. The number of carbonyl (C=O) groups excluding carboxylic acids is 1. The summed E-state index contributed by atoms with van der Waals surface area (Å²) in [5.41, 5.74) is 3.50. The highest BCUT2D eigenvalue weighted by molar-refractivity contribution is 5.80. The van der Waals surface area contributed by atoms with Gasteiger partial charge in [-0.1, -0.05) is 12.1 Å². The largest absolute Gasteiger partial charge is 0.342 e. The molecule has 7 heteroatoms. The molecule has 2 aromatic heterocycles. The maximum Gasteiger partial charge on any atom is 0.225 e. The molecule has 0 fully saturated rings. The van der Waals surface area contributed by atoms with Crippen molar-refractivity contribution in [2.24, 2.45) is 14.1 Å². The quantitative estimate of drug-likeness (QED) is 0.764. The van der Waals surface area contributed by atoms with Crippen molar-refractivity contribution in [1.82, 2.24) is 24.6 Å². The fraction of sp³-hybridized carbons (Fsp3) is 0.316. The van der Waals surface area contributed by atoms with Crippen molar-refractivity contribution in [2.75, 3.05) is 0 Å². The highest BCUT2D eigenvalue weighted by atomic mass is 19.1. The zero-order valence-corrected chi connectivity index (χ0v) is 15.3. The lowest BCUT2D eigenvalue weighted by Crippen LogP contribution is -2.32. The predicted molar refractivity (Wildman–Crippen MR) is 96.0 cm³/mol. The van der Waals surface area contributed by atoms with Gasteiger partial charge in [-0.2, -0.15) is 5.10 Å². The summed E-state index contributed by atoms with van der Waals surface area (Å²) in [6.07, 6.45) is 3.72. The zero-order chi connectivity index (χ0) is 18.8. The number of carbonyl (C=O) groups is 1. The molecular weight excluding hydrogens is 333 g/mol. The first-order valence-electron chi connectivity index (χ1n) is 8.38. The van der Waals surface area contributed by atoms with Crippen molar-refractivity contribution in [2.45, 2.75) is 26.3 Å². The summed E-state index contributed by atoms with van der Waals surface area (Å²) in [6.45, 7) is 3.84. The van der Waals surface area contributed by atoms with Gasteiger partial charge in [0.25, 0.3) is 0 Å². The molecule has 0 saturated carbocycles. The second-order valence-electron chi connectivity index (χ2n) is 6.40. The Hall–Kier alpha value is -2.96. The normalized spacial score (nSPS) is 12.2. The fourth-order valence-corrected chi connectivity index (χ4v) is 3.05. The molecule has 0 bridgehead atoms. The topological polar surface area (TPSA) is 64.7 Å². The molecule has 3 aromatic rings. The van der Waals surface area contributed by atoms with Crippen molar-refractivity contribution in [3.05, 3.63) is 70.8 Å². The molecule has 2 heterocycles. The van der Waals surface area contributed by atoms with Crippen LogP contribution < -0.4 is 5.32 Å². The van der Waals surface area contributed by atoms with Crippen molar-refractivity contribution >= 4 is 5.91 Å². The molecule has 1 atom stereocenters. The second-order valence-corrected chi connectivity index (χ2v) is 6.40. The lowest BCUT2D eigenvalue weighted by atomic mass is 10.0. The van der Waals surface area contributed by atoms with Gasteiger partial charge in [-0.05, 0) is 31.5 Å². The predicted octanol–water partition coefficient (Wildman–Crippen LogP) is 2.36. The first kappa shape index (κ1) is 17.8. The van der Waals surface area contributed by atoms with E-state index >= 15 is 0 Å². The standard InChI is InChI=1S/C19H22FN5O/c1-12-16(13(2)25(4)23-12)11-17(26)22-18(19-21-9-10-24(19)3)14-5-7-15(20)8-6-14/h5-10,18H,11H2,1-4H3,(H,22,26). The van der Waals surface area contributed by atoms with Gasteiger partial charge in [-0.15, -0.1) is 0 Å². The minimum Gasteiger partial charge on any atom is -0.342 e. The second kappa shape index (κ2) is 7.11. The van der Waals surface area contributed by atoms with Gasteiger partial charge in [0.15, 0.2) is 0 Å². The molecule has 0 aliphatic heterocycles. The Bertz CT molecular complexity index is 926. The lowest BCUT2D eigenvalue weighted by molar-refractivity contribution is -0.121. The van der Waals surface area contributed by atoms with E-state index in [9.17, 15) is 9.18 Å². The van der Waals surface area contributed by atoms with E-state index in [-0.39, 0.29) is 18.1 Å². The molecule has 1 aromatic carbocycles. The van der Waals surface area contributed by atoms with Crippen molar-refractivity contribution in [3.8, 4) is 0 Å². The molecule has 0 aliphatic rings. The number of hydrogen-bond acceptors (Lipinski definition) is 3. The van der Waals surface area contributed by atoms with Gasteiger partial charge < -0.3 is 9.88 Å². The third-order valence-corrected chi connectivity index (χ3v) is 4.62. The Morgan fingerprint density at radius 3 is 2.46 bits per heavy atom. The van der Waals surface area contributed by atoms with E-state index in [2.05, 4.69) is 15.4 Å². The molecule has 26 heavy (non-hydrogen) atoms. The summed E-state index contributed by atoms with van der Waals surface area (Å²) in [5.74, 6) is 0.228. The number of halogens is 1. The number of imidazole rings is 1. The lowest BCUT2D eigenvalue weighted by Gasteiger charge is -2.19. The molecular formula is C19H22FN5O. The molecule has 0 aliphatic carbocycles. The van der Waals surface area contributed by atoms with E-state index in [0.29, 0.717) is 5.82 Å². The molecule has 0 radical (unpaired) electrons. The molecule has 1 amide bonds. The Kier molecular flexibility index (Phi) is 4.88. The number of aromatic nitrogens is 4. The van der Waals surface area contributed by atoms with Gasteiger partial charge >= 0.3 is 0 Å². The van der Waals surface area contributed by atoms with Crippen LogP contribution in [0, 0.1) is 19.7 Å². The van der Waals surface area contributed by atoms with E-state index in [1.54, 1.807) is 23.0 Å². The number of aryl methyl sites for hydroxylation is 3. The Morgan fingerprint density at radius 1 is 1.23 bits per heavy atom. The van der Waals surface area contributed by atoms with Crippen LogP contribution in [0.1, 0.15) is 34.4 Å². The third kappa shape index (κ3) is 3.51. The number of hydrogen-bond donors (Lipinski definition) is 1. The number of nitrogens with zero attached hydrogens (tertiary/aromatic N) is 4. The minimum atomic E-state index is -0.458. The van der Waals surface area contributed by atoms with Crippen LogP contribution >= 0.6 is 0 Å². The van der Waals surface area contributed by atoms with Gasteiger partial charge in [0.1, 0.15) is 17.7 Å². The monoisotopic (exact) mass is 355 g/mol. The van der Waals surface area contributed by atoms with Crippen molar-refractivity contribution in [3.63, 3.8) is 0 Å². The van der Waals surface area contributed by atoms with Crippen molar-refractivity contribution in [1.29, 1.82) is 0 Å². The third-order valence-electron chi connectivity index (χ3n) is 4.62. The van der Waals surface area contributed by atoms with Crippen LogP contribution in [0.2, 0.25) is 0 Å². The molecule has 1 N–H and O–H groups in total. The van der Waals surface area contributed by atoms with Gasteiger partial charge in [-0.3, -0.25) is 9.48 Å². The highest BCUT2D eigenvalue weighted by Gasteiger charge is 2.22. The van der Waals surface area contributed by atoms with Crippen LogP contribution in [0.4, 0.5) is 4.39 Å². The summed E-state index contributed by atoms with van der Waals surface area (Å²) < 4.78 is 16.9. The minimum absolute atomic E-state index is 0.137. The van der Waals surface area contributed by atoms with Crippen LogP contribution in [0.25, 0.3) is 0 Å². The first-order valence-corrected chi connectivity index (χ1v) is 8.38. The molecule has 0 saturated heterocycles. The summed E-state index contributed by atoms with van der Waals surface area (Å²) in [5, 5.41) is 7.38. The van der Waals surface area contributed by atoms with E-state index < -0.39 is 6.04 Å². The van der Waals surface area contributed by atoms with Crippen LogP contribution in [0.5, 0.6) is 0 Å². The average molecular weight is 355 g/mol. The van der Waals surface area contributed by atoms with Crippen molar-refractivity contribution < 1.29 is 9.18 Å². The molecule has 3 rings (SSSR count). The van der Waals surface area contributed by atoms with Crippen LogP contribution in [0.15, 0.2) is 36.7 Å². The maximum absolute atomic E-state index is 13.3. The Morgan fingerprint density at radius 2 is 1.92 bits per heavy atom. The number of nitrogens with one attached hydrogen (secondary N) is 1. The van der Waals surface area contributed by atoms with Gasteiger partial charge in [0.05, 0.1) is 12.1 Å². The summed E-state index contributed by atoms with van der Waals surface area (Å²) in [6, 6.07) is 5.63. The number of rotatable bonds is 5. The van der Waals surface area contributed by atoms with Gasteiger partial charge in [-0.25, -0.2) is 9.37 Å². The Balaban J connectivity index is 1.87. The smallest absolute Gasteiger partial charge is 0.225 e. The van der Waals surface area contributed by atoms with Gasteiger partial charge in [0, 0.05) is 37.7 Å². The summed E-state index contributed by atoms with van der Waals surface area (Å²) >= 11 is 0. The van der Waals surface area contributed by atoms with E-state index in [1.807, 2.05) is 38.7 Å². The van der Waals surface area contributed by atoms with Crippen LogP contribution in [-0.4, -0.2) is 25.2 Å². The summed E-state index contributed by atoms with van der Waals surface area (Å²) in [4.78, 5) is 17.1. The number of amides is 1. The zero-order valence-electron chi connectivity index (χ0n) is 15.3. The summed E-state index contributed by atoms with van der Waals surface area (Å²) in [7, 11) is 3.72. The maximum atomic E-state index is 13.3. The highest BCUT2D eigenvalue weighted by Crippen LogP contribution is 2.21. The van der Waals surface area contributed by atoms with E-state index in [1.165, 1.54) is 12.1 Å². The van der Waals surface area contributed by atoms with Crippen LogP contribution in [-0.2, 0) is 25.3 Å². The molecule has 6 nitrogen and oxygen atoms in total. The SMILES string of the molecule is Cc1nn(C)c(C)c1CC(=O)NC(c1ccc(F)cc1)c1nccn1C. The van der Waals surface area contributed by atoms with Gasteiger partial charge in [0.2, 0.25) is 5.91 Å². The van der Waals surface area contributed by atoms with E-state index in [4.69, 9.17) is 0 Å². The van der Waals surface area contributed by atoms with E-state index in [0.717, 1.165) is 22.5 Å².